The molecule has 1 spiro atoms. The quantitative estimate of drug-likeness (QED) is 0.670. The Morgan fingerprint density at radius 1 is 0.931 bits per heavy atom. The van der Waals surface area contributed by atoms with Gasteiger partial charge in [-0.1, -0.05) is 18.2 Å². The SMILES string of the molecule is COc1ccc(CN2CCC3(C2)CN(Cc2ccccn2)c2cccnc23)cc1. The van der Waals surface area contributed by atoms with E-state index < -0.39 is 0 Å². The molecule has 1 atom stereocenters. The predicted octanol–water partition coefficient (Wildman–Crippen LogP) is 3.65. The van der Waals surface area contributed by atoms with Gasteiger partial charge in [-0.2, -0.15) is 0 Å². The summed E-state index contributed by atoms with van der Waals surface area (Å²) in [6.07, 6.45) is 4.96. The van der Waals surface area contributed by atoms with Crippen LogP contribution in [-0.2, 0) is 18.5 Å². The van der Waals surface area contributed by atoms with Gasteiger partial charge < -0.3 is 9.64 Å². The summed E-state index contributed by atoms with van der Waals surface area (Å²) in [4.78, 5) is 14.4. The van der Waals surface area contributed by atoms with Crippen LogP contribution in [0.25, 0.3) is 0 Å². The number of anilines is 1. The Bertz CT molecular complexity index is 976. The van der Waals surface area contributed by atoms with Gasteiger partial charge in [0.1, 0.15) is 5.75 Å². The second-order valence-corrected chi connectivity index (χ2v) is 8.14. The van der Waals surface area contributed by atoms with Gasteiger partial charge in [0.15, 0.2) is 0 Å². The summed E-state index contributed by atoms with van der Waals surface area (Å²) in [5.74, 6) is 0.908. The zero-order chi connectivity index (χ0) is 19.7. The Balaban J connectivity index is 1.35. The van der Waals surface area contributed by atoms with Gasteiger partial charge in [0.05, 0.1) is 30.7 Å². The molecule has 2 aliphatic heterocycles. The minimum absolute atomic E-state index is 0.109. The zero-order valence-electron chi connectivity index (χ0n) is 16.8. The van der Waals surface area contributed by atoms with E-state index in [0.29, 0.717) is 0 Å². The molecule has 2 aliphatic rings. The molecule has 0 bridgehead atoms. The molecule has 1 aromatic carbocycles. The Morgan fingerprint density at radius 2 is 1.79 bits per heavy atom. The lowest BCUT2D eigenvalue weighted by Gasteiger charge is -2.26. The first-order chi connectivity index (χ1) is 14.3. The van der Waals surface area contributed by atoms with Crippen LogP contribution in [0.2, 0.25) is 0 Å². The normalized spacial score (nSPS) is 20.9. The summed E-state index contributed by atoms with van der Waals surface area (Å²) in [5, 5.41) is 0. The summed E-state index contributed by atoms with van der Waals surface area (Å²) in [7, 11) is 1.71. The number of benzene rings is 1. The third-order valence-electron chi connectivity index (χ3n) is 6.20. The number of fused-ring (bicyclic) bond motifs is 2. The van der Waals surface area contributed by atoms with Crippen molar-refractivity contribution >= 4 is 5.69 Å². The maximum Gasteiger partial charge on any atom is 0.118 e. The highest BCUT2D eigenvalue weighted by Gasteiger charge is 2.48. The van der Waals surface area contributed by atoms with E-state index >= 15 is 0 Å². The smallest absolute Gasteiger partial charge is 0.118 e. The summed E-state index contributed by atoms with van der Waals surface area (Å²) in [5.41, 5.74) is 5.06. The molecule has 148 valence electrons. The molecule has 3 aromatic rings. The van der Waals surface area contributed by atoms with Crippen LogP contribution in [0.4, 0.5) is 5.69 Å². The standard InChI is InChI=1S/C24H26N4O/c1-29-21-9-7-19(8-10-21)15-27-14-11-24(17-27)18-28(16-20-5-2-3-12-25-20)22-6-4-13-26-23(22)24/h2-10,12-13H,11,14-18H2,1H3. The van der Waals surface area contributed by atoms with E-state index in [-0.39, 0.29) is 5.41 Å². The molecule has 5 heteroatoms. The monoisotopic (exact) mass is 386 g/mol. The highest BCUT2D eigenvalue weighted by atomic mass is 16.5. The van der Waals surface area contributed by atoms with Crippen molar-refractivity contribution in [3.8, 4) is 5.75 Å². The second kappa shape index (κ2) is 7.48. The van der Waals surface area contributed by atoms with Crippen LogP contribution in [0.15, 0.2) is 67.0 Å². The Kier molecular flexibility index (Phi) is 4.68. The van der Waals surface area contributed by atoms with Crippen molar-refractivity contribution in [2.75, 3.05) is 31.6 Å². The highest BCUT2D eigenvalue weighted by molar-refractivity contribution is 5.60. The van der Waals surface area contributed by atoms with Crippen LogP contribution >= 0.6 is 0 Å². The molecule has 1 unspecified atom stereocenters. The molecular formula is C24H26N4O. The third kappa shape index (κ3) is 3.47. The summed E-state index contributed by atoms with van der Waals surface area (Å²) in [6, 6.07) is 18.8. The van der Waals surface area contributed by atoms with E-state index in [2.05, 4.69) is 45.1 Å². The number of hydrogen-bond donors (Lipinski definition) is 0. The average molecular weight is 386 g/mol. The maximum atomic E-state index is 5.28. The van der Waals surface area contributed by atoms with E-state index in [1.807, 2.05) is 36.7 Å². The molecule has 5 nitrogen and oxygen atoms in total. The minimum Gasteiger partial charge on any atom is -0.497 e. The number of hydrogen-bond acceptors (Lipinski definition) is 5. The van der Waals surface area contributed by atoms with Crippen molar-refractivity contribution < 1.29 is 4.74 Å². The first-order valence-corrected chi connectivity index (χ1v) is 10.2. The Hall–Kier alpha value is -2.92. The lowest BCUT2D eigenvalue weighted by atomic mass is 9.85. The van der Waals surface area contributed by atoms with Crippen molar-refractivity contribution in [2.45, 2.75) is 24.9 Å². The van der Waals surface area contributed by atoms with Crippen LogP contribution in [0.3, 0.4) is 0 Å². The van der Waals surface area contributed by atoms with Gasteiger partial charge in [0.25, 0.3) is 0 Å². The molecule has 29 heavy (non-hydrogen) atoms. The Labute approximate surface area is 172 Å². The molecule has 0 N–H and O–H groups in total. The maximum absolute atomic E-state index is 5.28. The van der Waals surface area contributed by atoms with Crippen LogP contribution in [0.1, 0.15) is 23.4 Å². The molecule has 1 saturated heterocycles. The van der Waals surface area contributed by atoms with Crippen LogP contribution in [-0.4, -0.2) is 41.6 Å². The zero-order valence-corrected chi connectivity index (χ0v) is 16.8. The van der Waals surface area contributed by atoms with Gasteiger partial charge in [0, 0.05) is 37.4 Å². The van der Waals surface area contributed by atoms with Crippen molar-refractivity contribution in [3.63, 3.8) is 0 Å². The first-order valence-electron chi connectivity index (χ1n) is 10.2. The second-order valence-electron chi connectivity index (χ2n) is 8.14. The number of likely N-dealkylation sites (tertiary alicyclic amines) is 1. The Morgan fingerprint density at radius 3 is 2.59 bits per heavy atom. The van der Waals surface area contributed by atoms with E-state index in [0.717, 1.165) is 50.6 Å². The predicted molar refractivity (Wildman–Crippen MR) is 114 cm³/mol. The van der Waals surface area contributed by atoms with Gasteiger partial charge in [-0.05, 0) is 54.9 Å². The number of aromatic nitrogens is 2. The minimum atomic E-state index is 0.109. The van der Waals surface area contributed by atoms with Crippen molar-refractivity contribution in [1.82, 2.24) is 14.9 Å². The molecule has 0 saturated carbocycles. The molecule has 0 amide bonds. The molecule has 4 heterocycles. The molecule has 2 aromatic heterocycles. The molecule has 1 fully saturated rings. The van der Waals surface area contributed by atoms with Gasteiger partial charge in [-0.3, -0.25) is 14.9 Å². The number of nitrogens with zero attached hydrogens (tertiary/aromatic N) is 4. The fourth-order valence-electron chi connectivity index (χ4n) is 4.82. The van der Waals surface area contributed by atoms with Crippen molar-refractivity contribution in [2.24, 2.45) is 0 Å². The van der Waals surface area contributed by atoms with E-state index in [9.17, 15) is 0 Å². The highest BCUT2D eigenvalue weighted by Crippen LogP contribution is 2.45. The molecule has 0 radical (unpaired) electrons. The van der Waals surface area contributed by atoms with Crippen molar-refractivity contribution in [3.05, 3.63) is 83.9 Å². The van der Waals surface area contributed by atoms with Gasteiger partial charge >= 0.3 is 0 Å². The number of pyridine rings is 2. The van der Waals surface area contributed by atoms with Gasteiger partial charge in [-0.25, -0.2) is 0 Å². The lowest BCUT2D eigenvalue weighted by Crippen LogP contribution is -2.36. The van der Waals surface area contributed by atoms with Crippen LogP contribution in [0.5, 0.6) is 5.75 Å². The third-order valence-corrected chi connectivity index (χ3v) is 6.20. The lowest BCUT2D eigenvalue weighted by molar-refractivity contribution is 0.305. The molecule has 0 aliphatic carbocycles. The summed E-state index contributed by atoms with van der Waals surface area (Å²) >= 11 is 0. The van der Waals surface area contributed by atoms with Crippen LogP contribution < -0.4 is 9.64 Å². The van der Waals surface area contributed by atoms with Gasteiger partial charge in [-0.15, -0.1) is 0 Å². The largest absolute Gasteiger partial charge is 0.497 e. The fourth-order valence-corrected chi connectivity index (χ4v) is 4.82. The van der Waals surface area contributed by atoms with E-state index in [1.165, 1.54) is 16.9 Å². The van der Waals surface area contributed by atoms with E-state index in [1.54, 1.807) is 7.11 Å². The van der Waals surface area contributed by atoms with Gasteiger partial charge in [0.2, 0.25) is 0 Å². The van der Waals surface area contributed by atoms with Crippen molar-refractivity contribution in [1.29, 1.82) is 0 Å². The summed E-state index contributed by atoms with van der Waals surface area (Å²) < 4.78 is 5.28. The number of rotatable bonds is 5. The molecular weight excluding hydrogens is 360 g/mol. The first kappa shape index (κ1) is 18.1. The molecule has 5 rings (SSSR count). The topological polar surface area (TPSA) is 41.5 Å². The fraction of sp³-hybridized carbons (Fsp3) is 0.333. The number of methoxy groups -OCH3 is 1. The van der Waals surface area contributed by atoms with E-state index in [4.69, 9.17) is 9.72 Å². The average Bonchev–Trinajstić information content (AvgIpc) is 3.31. The number of ether oxygens (including phenoxy) is 1. The van der Waals surface area contributed by atoms with Crippen LogP contribution in [0, 0.1) is 0 Å². The summed E-state index contributed by atoms with van der Waals surface area (Å²) in [6.45, 7) is 4.95.